The summed E-state index contributed by atoms with van der Waals surface area (Å²) in [5.41, 5.74) is 0.384. The lowest BCUT2D eigenvalue weighted by Crippen LogP contribution is -2.42. The normalized spacial score (nSPS) is 28.3. The molecule has 8 rings (SSSR count). The SMILES string of the molecule is O=C1C2C3CC(C2C(=O)N1c1ccccc1C(F)(F)F)C1C3Sc2[nH]c(=O)sc2[C@@H]1c1ccccc1OCc1ccc(Cl)cc1. The van der Waals surface area contributed by atoms with Gasteiger partial charge in [0.15, 0.2) is 0 Å². The van der Waals surface area contributed by atoms with Gasteiger partial charge >= 0.3 is 11.0 Å². The van der Waals surface area contributed by atoms with Crippen molar-refractivity contribution in [1.29, 1.82) is 0 Å². The Morgan fingerprint density at radius 2 is 1.60 bits per heavy atom. The zero-order chi connectivity index (χ0) is 31.2. The summed E-state index contributed by atoms with van der Waals surface area (Å²) in [6, 6.07) is 19.8. The second kappa shape index (κ2) is 10.5. The van der Waals surface area contributed by atoms with E-state index >= 15 is 0 Å². The Morgan fingerprint density at radius 1 is 0.911 bits per heavy atom. The Morgan fingerprint density at radius 3 is 2.36 bits per heavy atom. The second-order valence-corrected chi connectivity index (χ2v) is 14.6. The first kappa shape index (κ1) is 28.9. The van der Waals surface area contributed by atoms with Gasteiger partial charge in [0.1, 0.15) is 12.4 Å². The number of aromatic amines is 1. The molecule has 1 aromatic heterocycles. The molecule has 230 valence electrons. The van der Waals surface area contributed by atoms with E-state index in [1.807, 2.05) is 36.4 Å². The average Bonchev–Trinajstić information content (AvgIpc) is 3.75. The third-order valence-electron chi connectivity index (χ3n) is 9.74. The van der Waals surface area contributed by atoms with E-state index in [1.54, 1.807) is 12.1 Å². The van der Waals surface area contributed by atoms with Crippen molar-refractivity contribution in [3.8, 4) is 5.75 Å². The molecule has 0 radical (unpaired) electrons. The number of ether oxygens (including phenoxy) is 1. The van der Waals surface area contributed by atoms with Crippen LogP contribution < -0.4 is 14.5 Å². The van der Waals surface area contributed by atoms with E-state index < -0.39 is 41.1 Å². The number of nitrogens with one attached hydrogen (secondary N) is 1. The van der Waals surface area contributed by atoms with Crippen molar-refractivity contribution in [2.75, 3.05) is 4.90 Å². The van der Waals surface area contributed by atoms with Crippen LogP contribution in [-0.4, -0.2) is 22.0 Å². The fraction of sp³-hybridized carbons (Fsp3) is 0.303. The standard InChI is InChI=1S/C33H24ClF3N2O4S2/c34-16-11-9-15(10-12-16)14-43-22-8-4-1-5-17(22)23-24-18-13-19(27(24)44-29-28(23)45-32(42)38-29)26-25(18)30(40)39(31(26)41)21-7-3-2-6-20(21)33(35,36)37/h1-12,18-19,23-27H,13-14H2,(H,38,42)/t18?,19?,23-,24?,25?,26?,27?/m1/s1. The maximum atomic E-state index is 14.0. The van der Waals surface area contributed by atoms with Gasteiger partial charge in [0.2, 0.25) is 11.8 Å². The minimum atomic E-state index is -4.72. The van der Waals surface area contributed by atoms with Crippen molar-refractivity contribution in [2.45, 2.75) is 35.4 Å². The molecule has 4 aliphatic rings. The quantitative estimate of drug-likeness (QED) is 0.225. The van der Waals surface area contributed by atoms with Gasteiger partial charge in [0.25, 0.3) is 0 Å². The van der Waals surface area contributed by atoms with Crippen LogP contribution in [0.3, 0.4) is 0 Å². The highest BCUT2D eigenvalue weighted by atomic mass is 35.5. The smallest absolute Gasteiger partial charge is 0.418 e. The summed E-state index contributed by atoms with van der Waals surface area (Å²) in [6.45, 7) is 0.289. The maximum Gasteiger partial charge on any atom is 0.418 e. The number of fused-ring (bicyclic) bond motifs is 9. The first-order valence-corrected chi connectivity index (χ1v) is 16.6. The summed E-state index contributed by atoms with van der Waals surface area (Å²) in [6.07, 6.45) is -4.11. The molecular weight excluding hydrogens is 645 g/mol. The Hall–Kier alpha value is -3.54. The number of para-hydroxylation sites is 2. The molecule has 3 fully saturated rings. The molecule has 7 atom stereocenters. The average molecular weight is 669 g/mol. The third kappa shape index (κ3) is 4.49. The molecule has 6 nitrogen and oxygen atoms in total. The molecule has 1 N–H and O–H groups in total. The number of nitrogens with zero attached hydrogens (tertiary/aromatic N) is 1. The molecule has 1 saturated heterocycles. The van der Waals surface area contributed by atoms with E-state index in [1.165, 1.54) is 30.0 Å². The maximum absolute atomic E-state index is 14.0. The van der Waals surface area contributed by atoms with E-state index in [0.29, 0.717) is 17.2 Å². The Labute approximate surface area is 268 Å². The highest BCUT2D eigenvalue weighted by Crippen LogP contribution is 2.69. The van der Waals surface area contributed by atoms with E-state index in [9.17, 15) is 27.6 Å². The van der Waals surface area contributed by atoms with Crippen molar-refractivity contribution in [1.82, 2.24) is 4.98 Å². The van der Waals surface area contributed by atoms with E-state index in [4.69, 9.17) is 16.3 Å². The molecule has 45 heavy (non-hydrogen) atoms. The predicted octanol–water partition coefficient (Wildman–Crippen LogP) is 7.37. The van der Waals surface area contributed by atoms with Crippen LogP contribution in [0.2, 0.25) is 5.02 Å². The van der Waals surface area contributed by atoms with Crippen molar-refractivity contribution >= 4 is 52.2 Å². The number of amides is 2. The van der Waals surface area contributed by atoms with Crippen LogP contribution in [0, 0.1) is 29.6 Å². The number of hydrogen-bond donors (Lipinski definition) is 1. The minimum Gasteiger partial charge on any atom is -0.489 e. The summed E-state index contributed by atoms with van der Waals surface area (Å²) >= 11 is 8.71. The summed E-state index contributed by atoms with van der Waals surface area (Å²) in [7, 11) is 0. The number of halogens is 4. The fourth-order valence-corrected chi connectivity index (χ4v) is 11.1. The number of alkyl halides is 3. The number of thioether (sulfide) groups is 1. The van der Waals surface area contributed by atoms with E-state index in [2.05, 4.69) is 4.98 Å². The van der Waals surface area contributed by atoms with Gasteiger partial charge < -0.3 is 9.72 Å². The molecule has 4 aromatic rings. The van der Waals surface area contributed by atoms with Crippen LogP contribution in [-0.2, 0) is 22.4 Å². The van der Waals surface area contributed by atoms with Crippen LogP contribution in [0.25, 0.3) is 0 Å². The number of carbonyl (C=O) groups is 2. The highest BCUT2D eigenvalue weighted by Gasteiger charge is 2.70. The van der Waals surface area contributed by atoms with Crippen LogP contribution in [0.1, 0.15) is 33.9 Å². The second-order valence-electron chi connectivity index (χ2n) is 11.9. The first-order valence-electron chi connectivity index (χ1n) is 14.5. The number of thiazole rings is 1. The number of rotatable bonds is 5. The van der Waals surface area contributed by atoms with Crippen molar-refractivity contribution < 1.29 is 27.5 Å². The molecule has 2 bridgehead atoms. The van der Waals surface area contributed by atoms with Gasteiger partial charge in [0, 0.05) is 26.6 Å². The van der Waals surface area contributed by atoms with Gasteiger partial charge in [-0.15, -0.1) is 11.8 Å². The number of carbonyl (C=O) groups excluding carboxylic acids is 2. The fourth-order valence-electron chi connectivity index (χ4n) is 8.12. The van der Waals surface area contributed by atoms with Gasteiger partial charge in [-0.25, -0.2) is 4.90 Å². The zero-order valence-electron chi connectivity index (χ0n) is 23.3. The van der Waals surface area contributed by atoms with Crippen LogP contribution in [0.15, 0.2) is 82.6 Å². The number of imide groups is 1. The Bertz CT molecular complexity index is 1910. The van der Waals surface area contributed by atoms with Crippen LogP contribution >= 0.6 is 34.7 Å². The monoisotopic (exact) mass is 668 g/mol. The highest BCUT2D eigenvalue weighted by molar-refractivity contribution is 8.00. The molecule has 6 unspecified atom stereocenters. The van der Waals surface area contributed by atoms with Gasteiger partial charge in [-0.1, -0.05) is 65.4 Å². The lowest BCUT2D eigenvalue weighted by molar-refractivity contribution is -0.137. The molecule has 0 spiro atoms. The number of H-pyrrole nitrogens is 1. The molecule has 12 heteroatoms. The van der Waals surface area contributed by atoms with Crippen molar-refractivity contribution in [3.63, 3.8) is 0 Å². The molecule has 2 aliphatic heterocycles. The van der Waals surface area contributed by atoms with Gasteiger partial charge in [-0.3, -0.25) is 14.4 Å². The molecule has 2 aliphatic carbocycles. The molecule has 3 aromatic carbocycles. The van der Waals surface area contributed by atoms with Gasteiger partial charge in [-0.05, 0) is 60.1 Å². The third-order valence-corrected chi connectivity index (χ3v) is 12.6. The summed E-state index contributed by atoms with van der Waals surface area (Å²) < 4.78 is 48.3. The van der Waals surface area contributed by atoms with E-state index in [0.717, 1.165) is 43.3 Å². The zero-order valence-corrected chi connectivity index (χ0v) is 25.7. The largest absolute Gasteiger partial charge is 0.489 e. The summed E-state index contributed by atoms with van der Waals surface area (Å²) in [4.78, 5) is 45.0. The number of aromatic nitrogens is 1. The molecule has 3 heterocycles. The molecular formula is C33H24ClF3N2O4S2. The number of benzene rings is 3. The lowest BCUT2D eigenvalue weighted by atomic mass is 9.68. The molecule has 2 saturated carbocycles. The Kier molecular flexibility index (Phi) is 6.74. The summed E-state index contributed by atoms with van der Waals surface area (Å²) in [5.74, 6) is -2.84. The van der Waals surface area contributed by atoms with Crippen LogP contribution in [0.5, 0.6) is 5.75 Å². The lowest BCUT2D eigenvalue weighted by Gasteiger charge is -2.43. The minimum absolute atomic E-state index is 0.113. The number of anilines is 1. The van der Waals surface area contributed by atoms with Crippen molar-refractivity contribution in [2.24, 2.45) is 29.6 Å². The Balaban J connectivity index is 1.18. The topological polar surface area (TPSA) is 79.5 Å². The van der Waals surface area contributed by atoms with Gasteiger partial charge in [-0.2, -0.15) is 13.2 Å². The van der Waals surface area contributed by atoms with Gasteiger partial charge in [0.05, 0.1) is 28.1 Å². The van der Waals surface area contributed by atoms with Crippen molar-refractivity contribution in [3.05, 3.63) is 109 Å². The first-order chi connectivity index (χ1) is 21.6. The number of hydrogen-bond acceptors (Lipinski definition) is 6. The predicted molar refractivity (Wildman–Crippen MR) is 165 cm³/mol. The summed E-state index contributed by atoms with van der Waals surface area (Å²) in [5, 5.41) is 1.25. The van der Waals surface area contributed by atoms with Crippen LogP contribution in [0.4, 0.5) is 18.9 Å². The van der Waals surface area contributed by atoms with E-state index in [-0.39, 0.29) is 40.4 Å². The molecule has 2 amide bonds.